The highest BCUT2D eigenvalue weighted by molar-refractivity contribution is 5.83. The number of rotatable bonds is 9. The van der Waals surface area contributed by atoms with E-state index >= 15 is 0 Å². The van der Waals surface area contributed by atoms with Gasteiger partial charge in [-0.25, -0.2) is 9.36 Å². The first-order valence-corrected chi connectivity index (χ1v) is 11.0. The highest BCUT2D eigenvalue weighted by Gasteiger charge is 2.17. The molecule has 0 aliphatic carbocycles. The zero-order chi connectivity index (χ0) is 22.7. The lowest BCUT2D eigenvalue weighted by atomic mass is 10.1. The van der Waals surface area contributed by atoms with Gasteiger partial charge in [0.25, 0.3) is 5.56 Å². The maximum atomic E-state index is 13.0. The molecular formula is C25H28N4O3. The van der Waals surface area contributed by atoms with Crippen molar-refractivity contribution in [2.24, 2.45) is 0 Å². The predicted octanol–water partition coefficient (Wildman–Crippen LogP) is 4.47. The Morgan fingerprint density at radius 2 is 1.75 bits per heavy atom. The van der Waals surface area contributed by atoms with Gasteiger partial charge in [0.05, 0.1) is 28.7 Å². The Morgan fingerprint density at radius 1 is 1.00 bits per heavy atom. The van der Waals surface area contributed by atoms with Crippen molar-refractivity contribution in [2.75, 3.05) is 0 Å². The SMILES string of the molecule is Cc1ccc(-n2nc3c(=O)n(CCCC(=O)CCCc4ccco4)nc(C)c3c2C)cc1. The average molecular weight is 433 g/mol. The van der Waals surface area contributed by atoms with Crippen molar-refractivity contribution in [1.29, 1.82) is 0 Å². The third kappa shape index (κ3) is 4.56. The molecule has 0 radical (unpaired) electrons. The molecule has 7 nitrogen and oxygen atoms in total. The Labute approximate surface area is 186 Å². The van der Waals surface area contributed by atoms with Crippen LogP contribution in [0.3, 0.4) is 0 Å². The van der Waals surface area contributed by atoms with Crippen LogP contribution < -0.4 is 5.56 Å². The zero-order valence-electron chi connectivity index (χ0n) is 18.8. The number of furan rings is 1. The molecule has 166 valence electrons. The molecule has 0 N–H and O–H groups in total. The summed E-state index contributed by atoms with van der Waals surface area (Å²) in [7, 11) is 0. The van der Waals surface area contributed by atoms with E-state index in [9.17, 15) is 9.59 Å². The number of carbonyl (C=O) groups excluding carboxylic acids is 1. The Kier molecular flexibility index (Phi) is 6.35. The number of benzene rings is 1. The first kappa shape index (κ1) is 21.7. The molecule has 3 heterocycles. The van der Waals surface area contributed by atoms with Gasteiger partial charge < -0.3 is 4.42 Å². The minimum atomic E-state index is -0.218. The van der Waals surface area contributed by atoms with Gasteiger partial charge in [0.15, 0.2) is 5.52 Å². The number of carbonyl (C=O) groups is 1. The number of hydrogen-bond acceptors (Lipinski definition) is 5. The Bertz CT molecular complexity index is 1280. The predicted molar refractivity (Wildman–Crippen MR) is 123 cm³/mol. The first-order valence-electron chi connectivity index (χ1n) is 11.0. The van der Waals surface area contributed by atoms with Crippen LogP contribution in [0.1, 0.15) is 48.4 Å². The smallest absolute Gasteiger partial charge is 0.295 e. The van der Waals surface area contributed by atoms with Crippen molar-refractivity contribution in [3.8, 4) is 5.69 Å². The zero-order valence-corrected chi connectivity index (χ0v) is 18.8. The van der Waals surface area contributed by atoms with Gasteiger partial charge in [-0.15, -0.1) is 0 Å². The van der Waals surface area contributed by atoms with Crippen LogP contribution in [0.15, 0.2) is 51.9 Å². The van der Waals surface area contributed by atoms with E-state index in [0.29, 0.717) is 31.3 Å². The standard InChI is InChI=1S/C25H28N4O3/c1-17-11-13-20(14-12-17)29-19(3)23-18(2)26-28(25(31)24(23)27-29)15-5-8-21(30)7-4-9-22-10-6-16-32-22/h6,10-14,16H,4-5,7-9,15H2,1-3H3. The molecule has 0 fully saturated rings. The average Bonchev–Trinajstić information content (AvgIpc) is 3.40. The number of nitrogens with zero attached hydrogens (tertiary/aromatic N) is 4. The van der Waals surface area contributed by atoms with E-state index in [0.717, 1.165) is 41.1 Å². The lowest BCUT2D eigenvalue weighted by Gasteiger charge is -2.06. The van der Waals surface area contributed by atoms with Crippen molar-refractivity contribution < 1.29 is 9.21 Å². The van der Waals surface area contributed by atoms with Crippen molar-refractivity contribution in [3.05, 3.63) is 75.7 Å². The summed E-state index contributed by atoms with van der Waals surface area (Å²) in [5.41, 5.74) is 3.93. The van der Waals surface area contributed by atoms with Crippen molar-refractivity contribution >= 4 is 16.7 Å². The molecule has 32 heavy (non-hydrogen) atoms. The van der Waals surface area contributed by atoms with Crippen LogP contribution >= 0.6 is 0 Å². The van der Waals surface area contributed by atoms with E-state index in [1.807, 2.05) is 57.2 Å². The summed E-state index contributed by atoms with van der Waals surface area (Å²) >= 11 is 0. The van der Waals surface area contributed by atoms with Crippen LogP contribution in [0.5, 0.6) is 0 Å². The van der Waals surface area contributed by atoms with Crippen LogP contribution in [0.2, 0.25) is 0 Å². The van der Waals surface area contributed by atoms with Gasteiger partial charge in [-0.1, -0.05) is 17.7 Å². The third-order valence-corrected chi connectivity index (χ3v) is 5.75. The van der Waals surface area contributed by atoms with Gasteiger partial charge in [0.2, 0.25) is 0 Å². The molecule has 0 atom stereocenters. The quantitative estimate of drug-likeness (QED) is 0.390. The topological polar surface area (TPSA) is 82.9 Å². The van der Waals surface area contributed by atoms with E-state index < -0.39 is 0 Å². The molecule has 0 aliphatic heterocycles. The van der Waals surface area contributed by atoms with Crippen molar-refractivity contribution in [3.63, 3.8) is 0 Å². The molecule has 0 unspecified atom stereocenters. The molecule has 1 aromatic carbocycles. The number of aromatic nitrogens is 4. The molecule has 0 saturated carbocycles. The van der Waals surface area contributed by atoms with Gasteiger partial charge in [-0.3, -0.25) is 9.59 Å². The van der Waals surface area contributed by atoms with Crippen LogP contribution in [0.25, 0.3) is 16.6 Å². The second kappa shape index (κ2) is 9.34. The second-order valence-electron chi connectivity index (χ2n) is 8.25. The summed E-state index contributed by atoms with van der Waals surface area (Å²) in [6.45, 7) is 6.28. The highest BCUT2D eigenvalue weighted by Crippen LogP contribution is 2.21. The first-order chi connectivity index (χ1) is 15.4. The molecule has 7 heteroatoms. The molecule has 0 spiro atoms. The maximum Gasteiger partial charge on any atom is 0.295 e. The third-order valence-electron chi connectivity index (χ3n) is 5.75. The van der Waals surface area contributed by atoms with E-state index in [1.165, 1.54) is 10.2 Å². The summed E-state index contributed by atoms with van der Waals surface area (Å²) in [6.07, 6.45) is 4.70. The fraction of sp³-hybridized carbons (Fsp3) is 0.360. The molecule has 0 bridgehead atoms. The van der Waals surface area contributed by atoms with E-state index in [2.05, 4.69) is 10.2 Å². The number of Topliss-reactive ketones (excluding diaryl/α,β-unsaturated/α-hetero) is 1. The summed E-state index contributed by atoms with van der Waals surface area (Å²) in [4.78, 5) is 25.2. The minimum absolute atomic E-state index is 0.196. The number of ketones is 1. The van der Waals surface area contributed by atoms with Gasteiger partial charge in [-0.05, 0) is 57.9 Å². The second-order valence-corrected chi connectivity index (χ2v) is 8.25. The van der Waals surface area contributed by atoms with Crippen LogP contribution in [-0.2, 0) is 17.8 Å². The number of fused-ring (bicyclic) bond motifs is 1. The van der Waals surface area contributed by atoms with Gasteiger partial charge in [0, 0.05) is 25.8 Å². The summed E-state index contributed by atoms with van der Waals surface area (Å²) in [6, 6.07) is 11.8. The van der Waals surface area contributed by atoms with Crippen LogP contribution in [0.4, 0.5) is 0 Å². The van der Waals surface area contributed by atoms with E-state index in [4.69, 9.17) is 4.42 Å². The monoisotopic (exact) mass is 432 g/mol. The number of aryl methyl sites for hydroxylation is 5. The van der Waals surface area contributed by atoms with Crippen molar-refractivity contribution in [2.45, 2.75) is 59.4 Å². The maximum absolute atomic E-state index is 13.0. The van der Waals surface area contributed by atoms with Crippen LogP contribution in [-0.4, -0.2) is 25.3 Å². The summed E-state index contributed by atoms with van der Waals surface area (Å²) in [5.74, 6) is 1.10. The Morgan fingerprint density at radius 3 is 2.47 bits per heavy atom. The minimum Gasteiger partial charge on any atom is -0.469 e. The Hall–Kier alpha value is -3.48. The lowest BCUT2D eigenvalue weighted by molar-refractivity contribution is -0.119. The molecule has 4 rings (SSSR count). The van der Waals surface area contributed by atoms with Gasteiger partial charge in [-0.2, -0.15) is 10.2 Å². The summed E-state index contributed by atoms with van der Waals surface area (Å²) < 4.78 is 8.53. The van der Waals surface area contributed by atoms with Gasteiger partial charge in [0.1, 0.15) is 11.5 Å². The van der Waals surface area contributed by atoms with Gasteiger partial charge >= 0.3 is 0 Å². The highest BCUT2D eigenvalue weighted by atomic mass is 16.3. The van der Waals surface area contributed by atoms with E-state index in [1.54, 1.807) is 10.9 Å². The van der Waals surface area contributed by atoms with Crippen LogP contribution in [0, 0.1) is 20.8 Å². The largest absolute Gasteiger partial charge is 0.469 e. The fourth-order valence-corrected chi connectivity index (χ4v) is 4.04. The molecule has 4 aromatic rings. The normalized spacial score (nSPS) is 11.3. The Balaban J connectivity index is 1.44. The molecule has 3 aromatic heterocycles. The van der Waals surface area contributed by atoms with Crippen molar-refractivity contribution in [1.82, 2.24) is 19.6 Å². The summed E-state index contributed by atoms with van der Waals surface area (Å²) in [5, 5.41) is 9.90. The lowest BCUT2D eigenvalue weighted by Crippen LogP contribution is -2.24. The number of hydrogen-bond donors (Lipinski definition) is 0. The molecule has 0 saturated heterocycles. The fourth-order valence-electron chi connectivity index (χ4n) is 4.04. The molecule has 0 amide bonds. The molecular weight excluding hydrogens is 404 g/mol. The van der Waals surface area contributed by atoms with E-state index in [-0.39, 0.29) is 11.3 Å². The molecule has 0 aliphatic rings.